The molecule has 2 rings (SSSR count). The summed E-state index contributed by atoms with van der Waals surface area (Å²) in [5.74, 6) is -1.96. The Bertz CT molecular complexity index is 1100. The minimum absolute atomic E-state index is 0.0253. The van der Waals surface area contributed by atoms with E-state index in [0.717, 1.165) is 0 Å². The van der Waals surface area contributed by atoms with E-state index in [2.05, 4.69) is 26.8 Å². The second kappa shape index (κ2) is 14.8. The molecule has 0 aromatic heterocycles. The third-order valence-corrected chi connectivity index (χ3v) is 5.51. The van der Waals surface area contributed by atoms with Crippen LogP contribution in [0.3, 0.4) is 0 Å². The standard InChI is InChI=1S/C24H27Cl2N5O6/c1-14(34)30-31-24(37)29-21(11-16-4-8-18(26)9-5-16)23(36)28-20(22(35)27-19(12-32)13-33)10-15-2-6-17(25)7-3-15/h2-9,12,19-21,33H,10-11,13H2,1H3,(H,27,35)(H,28,36)(H,30,34)(H2,29,31,37)/t19-,20+,21+/m1/s1. The zero-order valence-corrected chi connectivity index (χ0v) is 21.3. The molecule has 2 aromatic rings. The van der Waals surface area contributed by atoms with E-state index in [1.54, 1.807) is 48.5 Å². The molecule has 5 amide bonds. The van der Waals surface area contributed by atoms with E-state index >= 15 is 0 Å². The molecular weight excluding hydrogens is 525 g/mol. The van der Waals surface area contributed by atoms with Crippen LogP contribution in [0.2, 0.25) is 10.0 Å². The second-order valence-electron chi connectivity index (χ2n) is 7.99. The number of urea groups is 1. The fourth-order valence-electron chi connectivity index (χ4n) is 3.15. The van der Waals surface area contributed by atoms with Crippen LogP contribution in [-0.4, -0.2) is 59.9 Å². The number of carbonyl (C=O) groups is 5. The predicted molar refractivity (Wildman–Crippen MR) is 137 cm³/mol. The van der Waals surface area contributed by atoms with Gasteiger partial charge in [-0.05, 0) is 35.4 Å². The molecule has 0 spiro atoms. The minimum Gasteiger partial charge on any atom is -0.394 e. The number of aldehydes is 1. The van der Waals surface area contributed by atoms with Crippen LogP contribution >= 0.6 is 23.2 Å². The first-order valence-electron chi connectivity index (χ1n) is 11.1. The Hall–Kier alpha value is -3.67. The van der Waals surface area contributed by atoms with E-state index in [9.17, 15) is 29.1 Å². The number of hydrogen-bond acceptors (Lipinski definition) is 6. The molecule has 37 heavy (non-hydrogen) atoms. The highest BCUT2D eigenvalue weighted by Crippen LogP contribution is 2.13. The van der Waals surface area contributed by atoms with Gasteiger partial charge in [0.2, 0.25) is 17.7 Å². The summed E-state index contributed by atoms with van der Waals surface area (Å²) in [6.45, 7) is 0.568. The van der Waals surface area contributed by atoms with Gasteiger partial charge in [-0.2, -0.15) is 0 Å². The topological polar surface area (TPSA) is 166 Å². The Labute approximate surface area is 223 Å². The minimum atomic E-state index is -1.17. The molecule has 0 radical (unpaired) electrons. The molecule has 6 N–H and O–H groups in total. The van der Waals surface area contributed by atoms with Gasteiger partial charge in [-0.25, -0.2) is 10.2 Å². The average molecular weight is 552 g/mol. The van der Waals surface area contributed by atoms with Crippen molar-refractivity contribution in [1.29, 1.82) is 0 Å². The van der Waals surface area contributed by atoms with E-state index in [-0.39, 0.29) is 12.8 Å². The van der Waals surface area contributed by atoms with Gasteiger partial charge in [0.25, 0.3) is 0 Å². The lowest BCUT2D eigenvalue weighted by molar-refractivity contribution is -0.131. The third kappa shape index (κ3) is 10.5. The van der Waals surface area contributed by atoms with Crippen molar-refractivity contribution in [3.05, 3.63) is 69.7 Å². The third-order valence-electron chi connectivity index (χ3n) is 5.00. The molecule has 0 bridgehead atoms. The molecule has 0 saturated carbocycles. The van der Waals surface area contributed by atoms with Gasteiger partial charge in [-0.3, -0.25) is 19.8 Å². The summed E-state index contributed by atoms with van der Waals surface area (Å²) < 4.78 is 0. The van der Waals surface area contributed by atoms with Crippen molar-refractivity contribution >= 4 is 53.2 Å². The fraction of sp³-hybridized carbons (Fsp3) is 0.292. The first kappa shape index (κ1) is 29.6. The van der Waals surface area contributed by atoms with Gasteiger partial charge in [0.15, 0.2) is 0 Å². The molecule has 0 aliphatic carbocycles. The van der Waals surface area contributed by atoms with Gasteiger partial charge in [0.05, 0.1) is 6.61 Å². The van der Waals surface area contributed by atoms with E-state index in [0.29, 0.717) is 27.5 Å². The van der Waals surface area contributed by atoms with E-state index in [1.165, 1.54) is 6.92 Å². The molecule has 0 heterocycles. The Balaban J connectivity index is 2.26. The Morgan fingerprint density at radius 3 is 1.68 bits per heavy atom. The molecule has 198 valence electrons. The van der Waals surface area contributed by atoms with Gasteiger partial charge in [-0.1, -0.05) is 47.5 Å². The Kier molecular flexibility index (Phi) is 11.8. The van der Waals surface area contributed by atoms with Crippen molar-refractivity contribution in [3.8, 4) is 0 Å². The molecular formula is C24H27Cl2N5O6. The lowest BCUT2D eigenvalue weighted by atomic mass is 10.0. The van der Waals surface area contributed by atoms with Crippen molar-refractivity contribution < 1.29 is 29.1 Å². The molecule has 13 heteroatoms. The van der Waals surface area contributed by atoms with E-state index < -0.39 is 48.5 Å². The highest BCUT2D eigenvalue weighted by molar-refractivity contribution is 6.30. The van der Waals surface area contributed by atoms with Crippen LogP contribution in [0.15, 0.2) is 48.5 Å². The van der Waals surface area contributed by atoms with Crippen LogP contribution in [0.4, 0.5) is 4.79 Å². The molecule has 2 aromatic carbocycles. The maximum atomic E-state index is 13.3. The maximum absolute atomic E-state index is 13.3. The van der Waals surface area contributed by atoms with Gasteiger partial charge in [-0.15, -0.1) is 0 Å². The highest BCUT2D eigenvalue weighted by Gasteiger charge is 2.28. The summed E-state index contributed by atoms with van der Waals surface area (Å²) >= 11 is 11.9. The number of aliphatic hydroxyl groups excluding tert-OH is 1. The van der Waals surface area contributed by atoms with E-state index in [1.807, 2.05) is 0 Å². The first-order valence-corrected chi connectivity index (χ1v) is 11.9. The molecule has 0 aliphatic rings. The summed E-state index contributed by atoms with van der Waals surface area (Å²) in [5.41, 5.74) is 5.54. The average Bonchev–Trinajstić information content (AvgIpc) is 2.87. The summed E-state index contributed by atoms with van der Waals surface area (Å²) in [6, 6.07) is 8.79. The number of carbonyl (C=O) groups excluding carboxylic acids is 5. The molecule has 0 fully saturated rings. The van der Waals surface area contributed by atoms with Gasteiger partial charge in [0, 0.05) is 29.8 Å². The van der Waals surface area contributed by atoms with Crippen LogP contribution in [0, 0.1) is 0 Å². The predicted octanol–water partition coefficient (Wildman–Crippen LogP) is 0.658. The molecule has 0 saturated heterocycles. The lowest BCUT2D eigenvalue weighted by Crippen LogP contribution is -2.58. The second-order valence-corrected chi connectivity index (χ2v) is 8.86. The van der Waals surface area contributed by atoms with Crippen molar-refractivity contribution in [2.24, 2.45) is 0 Å². The Morgan fingerprint density at radius 1 is 0.784 bits per heavy atom. The molecule has 0 aliphatic heterocycles. The van der Waals surface area contributed by atoms with Gasteiger partial charge >= 0.3 is 6.03 Å². The van der Waals surface area contributed by atoms with Crippen LogP contribution < -0.4 is 26.8 Å². The Morgan fingerprint density at radius 2 is 1.24 bits per heavy atom. The number of rotatable bonds is 11. The number of halogens is 2. The molecule has 0 unspecified atom stereocenters. The van der Waals surface area contributed by atoms with Crippen molar-refractivity contribution in [2.75, 3.05) is 6.61 Å². The smallest absolute Gasteiger partial charge is 0.334 e. The van der Waals surface area contributed by atoms with Crippen LogP contribution in [-0.2, 0) is 32.0 Å². The van der Waals surface area contributed by atoms with Crippen LogP contribution in [0.1, 0.15) is 18.1 Å². The monoisotopic (exact) mass is 551 g/mol. The number of amides is 5. The quantitative estimate of drug-likeness (QED) is 0.177. The van der Waals surface area contributed by atoms with Gasteiger partial charge < -0.3 is 25.9 Å². The number of nitrogens with one attached hydrogen (secondary N) is 5. The summed E-state index contributed by atoms with van der Waals surface area (Å²) in [6.07, 6.45) is 0.424. The number of hydrazine groups is 1. The van der Waals surface area contributed by atoms with Crippen molar-refractivity contribution in [2.45, 2.75) is 37.9 Å². The van der Waals surface area contributed by atoms with Crippen LogP contribution in [0.25, 0.3) is 0 Å². The summed E-state index contributed by atoms with van der Waals surface area (Å²) in [7, 11) is 0. The fourth-order valence-corrected chi connectivity index (χ4v) is 3.40. The van der Waals surface area contributed by atoms with Crippen LogP contribution in [0.5, 0.6) is 0 Å². The van der Waals surface area contributed by atoms with E-state index in [4.69, 9.17) is 23.2 Å². The first-order chi connectivity index (χ1) is 17.6. The van der Waals surface area contributed by atoms with Crippen molar-refractivity contribution in [1.82, 2.24) is 26.8 Å². The largest absolute Gasteiger partial charge is 0.394 e. The maximum Gasteiger partial charge on any atom is 0.334 e. The number of benzene rings is 2. The zero-order chi connectivity index (χ0) is 27.4. The van der Waals surface area contributed by atoms with Crippen molar-refractivity contribution in [3.63, 3.8) is 0 Å². The summed E-state index contributed by atoms with van der Waals surface area (Å²) in [5, 5.41) is 17.7. The molecule has 3 atom stereocenters. The number of hydrogen-bond donors (Lipinski definition) is 6. The SMILES string of the molecule is CC(=O)NNC(=O)N[C@@H](Cc1ccc(Cl)cc1)C(=O)N[C@@H](Cc1ccc(Cl)cc1)C(=O)N[C@H](C=O)CO. The lowest BCUT2D eigenvalue weighted by Gasteiger charge is -2.24. The summed E-state index contributed by atoms with van der Waals surface area (Å²) in [4.78, 5) is 60.7. The highest BCUT2D eigenvalue weighted by atomic mass is 35.5. The molecule has 11 nitrogen and oxygen atoms in total. The van der Waals surface area contributed by atoms with Gasteiger partial charge in [0.1, 0.15) is 24.4 Å². The normalized spacial score (nSPS) is 12.9. The zero-order valence-electron chi connectivity index (χ0n) is 19.8. The number of aliphatic hydroxyl groups is 1.